The summed E-state index contributed by atoms with van der Waals surface area (Å²) in [5.41, 5.74) is 1.93. The number of amides is 2. The smallest absolute Gasteiger partial charge is 0.325 e. The molecule has 0 bridgehead atoms. The summed E-state index contributed by atoms with van der Waals surface area (Å²) < 4.78 is 20.6. The largest absolute Gasteiger partial charge is 0.493 e. The van der Waals surface area contributed by atoms with Crippen LogP contribution in [0, 0.1) is 0 Å². The normalized spacial score (nSPS) is 12.6. The van der Waals surface area contributed by atoms with Gasteiger partial charge in [-0.3, -0.25) is 14.4 Å². The number of benzene rings is 2. The fraction of sp³-hybridized carbons (Fsp3) is 0.375. The molecule has 1 saturated heterocycles. The van der Waals surface area contributed by atoms with Gasteiger partial charge in [0.2, 0.25) is 5.75 Å². The van der Waals surface area contributed by atoms with E-state index in [-0.39, 0.29) is 5.56 Å². The van der Waals surface area contributed by atoms with Crippen molar-refractivity contribution in [1.82, 2.24) is 5.32 Å². The number of rotatable bonds is 10. The second-order valence-corrected chi connectivity index (χ2v) is 7.55. The fourth-order valence-electron chi connectivity index (χ4n) is 3.59. The number of nitrogens with zero attached hydrogens (tertiary/aromatic N) is 1. The lowest BCUT2D eigenvalue weighted by molar-refractivity contribution is -0.146. The van der Waals surface area contributed by atoms with Crippen LogP contribution in [0.5, 0.6) is 17.2 Å². The first-order valence-electron chi connectivity index (χ1n) is 10.8. The van der Waals surface area contributed by atoms with Crippen molar-refractivity contribution in [3.8, 4) is 17.2 Å². The van der Waals surface area contributed by atoms with Crippen molar-refractivity contribution >= 4 is 29.2 Å². The molecule has 2 amide bonds. The van der Waals surface area contributed by atoms with E-state index in [1.807, 2.05) is 24.3 Å². The number of ether oxygens (including phenoxy) is 4. The SMILES string of the molecule is COc1cc(C(=O)NCC(=O)OCC(=O)Nc2ccc(N3CCCC3)cc2)cc(OC)c1OC. The third kappa shape index (κ3) is 6.31. The van der Waals surface area contributed by atoms with Crippen LogP contribution in [0.1, 0.15) is 23.2 Å². The Hall–Kier alpha value is -3.95. The van der Waals surface area contributed by atoms with Gasteiger partial charge in [0.05, 0.1) is 21.3 Å². The quantitative estimate of drug-likeness (QED) is 0.507. The van der Waals surface area contributed by atoms with E-state index in [1.54, 1.807) is 0 Å². The minimum Gasteiger partial charge on any atom is -0.493 e. The molecule has 182 valence electrons. The number of esters is 1. The van der Waals surface area contributed by atoms with Crippen LogP contribution in [0.4, 0.5) is 11.4 Å². The molecule has 1 aliphatic heterocycles. The average molecular weight is 472 g/mol. The Labute approximate surface area is 198 Å². The molecule has 1 aliphatic rings. The van der Waals surface area contributed by atoms with E-state index in [0.29, 0.717) is 22.9 Å². The summed E-state index contributed by atoms with van der Waals surface area (Å²) in [6.45, 7) is 1.20. The molecule has 1 fully saturated rings. The molecular formula is C24H29N3O7. The molecule has 0 saturated carbocycles. The summed E-state index contributed by atoms with van der Waals surface area (Å²) in [4.78, 5) is 38.8. The minimum absolute atomic E-state index is 0.206. The molecule has 2 N–H and O–H groups in total. The summed E-state index contributed by atoms with van der Waals surface area (Å²) in [5.74, 6) is -0.811. The first-order valence-corrected chi connectivity index (χ1v) is 10.8. The van der Waals surface area contributed by atoms with E-state index in [0.717, 1.165) is 18.8 Å². The van der Waals surface area contributed by atoms with E-state index >= 15 is 0 Å². The van der Waals surface area contributed by atoms with E-state index in [1.165, 1.54) is 46.3 Å². The monoisotopic (exact) mass is 471 g/mol. The van der Waals surface area contributed by atoms with Gasteiger partial charge in [-0.1, -0.05) is 0 Å². The molecule has 10 nitrogen and oxygen atoms in total. The maximum absolute atomic E-state index is 12.4. The van der Waals surface area contributed by atoms with Gasteiger partial charge in [0.1, 0.15) is 6.54 Å². The van der Waals surface area contributed by atoms with Crippen molar-refractivity contribution < 1.29 is 33.3 Å². The highest BCUT2D eigenvalue weighted by atomic mass is 16.5. The van der Waals surface area contributed by atoms with Gasteiger partial charge in [-0.25, -0.2) is 0 Å². The molecule has 34 heavy (non-hydrogen) atoms. The predicted molar refractivity (Wildman–Crippen MR) is 126 cm³/mol. The number of carbonyl (C=O) groups is 3. The van der Waals surface area contributed by atoms with Crippen LogP contribution in [0.2, 0.25) is 0 Å². The highest BCUT2D eigenvalue weighted by molar-refractivity contribution is 5.97. The van der Waals surface area contributed by atoms with E-state index in [4.69, 9.17) is 18.9 Å². The first kappa shape index (κ1) is 24.7. The summed E-state index contributed by atoms with van der Waals surface area (Å²) in [7, 11) is 4.32. The van der Waals surface area contributed by atoms with Crippen molar-refractivity contribution in [2.24, 2.45) is 0 Å². The second-order valence-electron chi connectivity index (χ2n) is 7.55. The zero-order chi connectivity index (χ0) is 24.5. The molecule has 0 spiro atoms. The topological polar surface area (TPSA) is 115 Å². The lowest BCUT2D eigenvalue weighted by atomic mass is 10.1. The molecule has 0 unspecified atom stereocenters. The van der Waals surface area contributed by atoms with Gasteiger partial charge in [0.15, 0.2) is 18.1 Å². The number of nitrogens with one attached hydrogen (secondary N) is 2. The first-order chi connectivity index (χ1) is 16.4. The molecular weight excluding hydrogens is 442 g/mol. The molecule has 2 aromatic rings. The van der Waals surface area contributed by atoms with Gasteiger partial charge in [-0.05, 0) is 49.2 Å². The van der Waals surface area contributed by atoms with Crippen LogP contribution in [0.3, 0.4) is 0 Å². The molecule has 0 atom stereocenters. The van der Waals surface area contributed by atoms with E-state index in [2.05, 4.69) is 15.5 Å². The highest BCUT2D eigenvalue weighted by Gasteiger charge is 2.18. The fourth-order valence-corrected chi connectivity index (χ4v) is 3.59. The van der Waals surface area contributed by atoms with Crippen LogP contribution < -0.4 is 29.7 Å². The molecule has 10 heteroatoms. The van der Waals surface area contributed by atoms with Crippen LogP contribution in [-0.2, 0) is 14.3 Å². The molecule has 1 heterocycles. The summed E-state index contributed by atoms with van der Waals surface area (Å²) in [6.07, 6.45) is 2.37. The molecule has 0 aliphatic carbocycles. The maximum atomic E-state index is 12.4. The van der Waals surface area contributed by atoms with Crippen LogP contribution in [0.25, 0.3) is 0 Å². The molecule has 2 aromatic carbocycles. The van der Waals surface area contributed by atoms with E-state index in [9.17, 15) is 14.4 Å². The standard InChI is InChI=1S/C24H29N3O7/c1-31-19-12-16(13-20(32-2)23(19)33-3)24(30)25-14-22(29)34-15-21(28)26-17-6-8-18(9-7-17)27-10-4-5-11-27/h6-9,12-13H,4-5,10-11,14-15H2,1-3H3,(H,25,30)(H,26,28). The third-order valence-corrected chi connectivity index (χ3v) is 5.31. The summed E-state index contributed by atoms with van der Waals surface area (Å²) in [5, 5.41) is 5.12. The van der Waals surface area contributed by atoms with Crippen molar-refractivity contribution in [2.75, 3.05) is 57.8 Å². The Balaban J connectivity index is 1.45. The predicted octanol–water partition coefficient (Wildman–Crippen LogP) is 2.22. The Morgan fingerprint density at radius 1 is 0.912 bits per heavy atom. The van der Waals surface area contributed by atoms with Gasteiger partial charge < -0.3 is 34.5 Å². The van der Waals surface area contributed by atoms with Gasteiger partial charge >= 0.3 is 5.97 Å². The number of hydrogen-bond acceptors (Lipinski definition) is 8. The Kier molecular flexibility index (Phi) is 8.55. The lowest BCUT2D eigenvalue weighted by Gasteiger charge is -2.17. The summed E-state index contributed by atoms with van der Waals surface area (Å²) >= 11 is 0. The highest BCUT2D eigenvalue weighted by Crippen LogP contribution is 2.38. The number of carbonyl (C=O) groups excluding carboxylic acids is 3. The van der Waals surface area contributed by atoms with Gasteiger partial charge in [-0.15, -0.1) is 0 Å². The molecule has 0 aromatic heterocycles. The van der Waals surface area contributed by atoms with Gasteiger partial charge in [0, 0.05) is 30.0 Å². The van der Waals surface area contributed by atoms with Crippen LogP contribution in [0.15, 0.2) is 36.4 Å². The average Bonchev–Trinajstić information content (AvgIpc) is 3.40. The Morgan fingerprint density at radius 2 is 1.53 bits per heavy atom. The van der Waals surface area contributed by atoms with E-state index < -0.39 is 30.9 Å². The maximum Gasteiger partial charge on any atom is 0.325 e. The number of anilines is 2. The van der Waals surface area contributed by atoms with Crippen LogP contribution in [-0.4, -0.2) is 65.4 Å². The second kappa shape index (κ2) is 11.8. The third-order valence-electron chi connectivity index (χ3n) is 5.31. The number of hydrogen-bond donors (Lipinski definition) is 2. The summed E-state index contributed by atoms with van der Waals surface area (Å²) in [6, 6.07) is 10.4. The lowest BCUT2D eigenvalue weighted by Crippen LogP contribution is -2.32. The molecule has 3 rings (SSSR count). The van der Waals surface area contributed by atoms with Gasteiger partial charge in [-0.2, -0.15) is 0 Å². The van der Waals surface area contributed by atoms with Crippen molar-refractivity contribution in [3.63, 3.8) is 0 Å². The van der Waals surface area contributed by atoms with Crippen molar-refractivity contribution in [1.29, 1.82) is 0 Å². The van der Waals surface area contributed by atoms with Crippen molar-refractivity contribution in [2.45, 2.75) is 12.8 Å². The Bertz CT molecular complexity index is 993. The number of methoxy groups -OCH3 is 3. The van der Waals surface area contributed by atoms with Crippen molar-refractivity contribution in [3.05, 3.63) is 42.0 Å². The Morgan fingerprint density at radius 3 is 2.09 bits per heavy atom. The zero-order valence-electron chi connectivity index (χ0n) is 19.5. The van der Waals surface area contributed by atoms with Gasteiger partial charge in [0.25, 0.3) is 11.8 Å². The molecule has 0 radical (unpaired) electrons. The minimum atomic E-state index is -0.750. The zero-order valence-corrected chi connectivity index (χ0v) is 19.5. The van der Waals surface area contributed by atoms with Crippen LogP contribution >= 0.6 is 0 Å².